The summed E-state index contributed by atoms with van der Waals surface area (Å²) >= 11 is 1.90. The molecule has 1 saturated carbocycles. The molecule has 0 saturated heterocycles. The molecule has 26 heavy (non-hydrogen) atoms. The van der Waals surface area contributed by atoms with Crippen LogP contribution in [0.4, 0.5) is 0 Å². The van der Waals surface area contributed by atoms with Crippen molar-refractivity contribution in [3.05, 3.63) is 21.9 Å². The van der Waals surface area contributed by atoms with Crippen molar-refractivity contribution in [1.82, 2.24) is 15.5 Å². The van der Waals surface area contributed by atoms with Gasteiger partial charge in [-0.2, -0.15) is 0 Å². The maximum Gasteiger partial charge on any atom is 0.191 e. The number of nitrogens with zero attached hydrogens (tertiary/aromatic N) is 2. The largest absolute Gasteiger partial charge is 0.381 e. The Kier molecular flexibility index (Phi) is 7.77. The van der Waals surface area contributed by atoms with Crippen LogP contribution in [0.15, 0.2) is 16.4 Å². The first-order chi connectivity index (χ1) is 12.8. The molecule has 1 fully saturated rings. The summed E-state index contributed by atoms with van der Waals surface area (Å²) in [5.74, 6) is 1.78. The number of fused-ring (bicyclic) bond motifs is 1. The second kappa shape index (κ2) is 10.3. The van der Waals surface area contributed by atoms with Crippen molar-refractivity contribution in [2.45, 2.75) is 52.1 Å². The van der Waals surface area contributed by atoms with Gasteiger partial charge in [-0.3, -0.25) is 9.89 Å². The summed E-state index contributed by atoms with van der Waals surface area (Å²) in [6.07, 6.45) is 4.93. The Hall–Kier alpha value is -1.11. The summed E-state index contributed by atoms with van der Waals surface area (Å²) in [7, 11) is 0. The lowest BCUT2D eigenvalue weighted by molar-refractivity contribution is 0.123. The first kappa shape index (κ1) is 19.6. The van der Waals surface area contributed by atoms with Gasteiger partial charge in [0.05, 0.1) is 6.54 Å². The second-order valence-electron chi connectivity index (χ2n) is 7.46. The molecular formula is C20H34N4OS. The monoisotopic (exact) mass is 378 g/mol. The van der Waals surface area contributed by atoms with E-state index < -0.39 is 0 Å². The van der Waals surface area contributed by atoms with E-state index in [1.165, 1.54) is 24.8 Å². The van der Waals surface area contributed by atoms with E-state index in [-0.39, 0.29) is 0 Å². The van der Waals surface area contributed by atoms with E-state index in [2.05, 4.69) is 40.8 Å². The van der Waals surface area contributed by atoms with Gasteiger partial charge in [0.1, 0.15) is 0 Å². The number of rotatable bonds is 10. The van der Waals surface area contributed by atoms with Crippen LogP contribution in [0, 0.1) is 5.92 Å². The molecule has 1 aliphatic carbocycles. The molecule has 0 radical (unpaired) electrons. The lowest BCUT2D eigenvalue weighted by Gasteiger charge is -2.31. The highest BCUT2D eigenvalue weighted by molar-refractivity contribution is 7.10. The van der Waals surface area contributed by atoms with Crippen LogP contribution in [-0.2, 0) is 17.7 Å². The number of nitrogens with one attached hydrogen (secondary N) is 2. The highest BCUT2D eigenvalue weighted by Gasteiger charge is 2.21. The maximum atomic E-state index is 5.69. The number of ether oxygens (including phenoxy) is 1. The second-order valence-corrected chi connectivity index (χ2v) is 8.46. The predicted octanol–water partition coefficient (Wildman–Crippen LogP) is 2.87. The highest BCUT2D eigenvalue weighted by Crippen LogP contribution is 2.28. The minimum atomic E-state index is 0.459. The van der Waals surface area contributed by atoms with E-state index in [1.54, 1.807) is 4.88 Å². The molecule has 1 unspecified atom stereocenters. The summed E-state index contributed by atoms with van der Waals surface area (Å²) in [4.78, 5) is 8.92. The van der Waals surface area contributed by atoms with E-state index in [0.717, 1.165) is 64.2 Å². The molecule has 146 valence electrons. The fourth-order valence-electron chi connectivity index (χ4n) is 3.24. The first-order valence-electron chi connectivity index (χ1n) is 10.2. The summed E-state index contributed by atoms with van der Waals surface area (Å²) in [5.41, 5.74) is 1.51. The standard InChI is InChI=1S/C20H34N4OS/c1-3-21-20(22-9-4-11-25-15-17-5-6-17)23-13-16(2)24-10-7-19-18(14-24)8-12-26-19/h8,12,16-17H,3-7,9-11,13-15H2,1-2H3,(H2,21,22,23). The molecule has 0 spiro atoms. The van der Waals surface area contributed by atoms with Gasteiger partial charge in [-0.15, -0.1) is 11.3 Å². The minimum Gasteiger partial charge on any atom is -0.381 e. The van der Waals surface area contributed by atoms with E-state index in [1.807, 2.05) is 11.3 Å². The van der Waals surface area contributed by atoms with Crippen molar-refractivity contribution in [3.63, 3.8) is 0 Å². The smallest absolute Gasteiger partial charge is 0.191 e. The Balaban J connectivity index is 1.36. The van der Waals surface area contributed by atoms with Crippen LogP contribution in [0.3, 0.4) is 0 Å². The quantitative estimate of drug-likeness (QED) is 0.373. The van der Waals surface area contributed by atoms with Crippen molar-refractivity contribution in [2.75, 3.05) is 39.4 Å². The van der Waals surface area contributed by atoms with Crippen LogP contribution >= 0.6 is 11.3 Å². The zero-order chi connectivity index (χ0) is 18.2. The minimum absolute atomic E-state index is 0.459. The molecule has 3 rings (SSSR count). The highest BCUT2D eigenvalue weighted by atomic mass is 32.1. The molecule has 2 aliphatic rings. The number of thiophene rings is 1. The van der Waals surface area contributed by atoms with Crippen molar-refractivity contribution < 1.29 is 4.74 Å². The molecule has 1 aromatic heterocycles. The first-order valence-corrected chi connectivity index (χ1v) is 11.0. The van der Waals surface area contributed by atoms with Gasteiger partial charge in [-0.05, 0) is 62.5 Å². The molecule has 0 aromatic carbocycles. The van der Waals surface area contributed by atoms with Crippen LogP contribution in [-0.4, -0.2) is 56.3 Å². The third-order valence-corrected chi connectivity index (χ3v) is 6.15. The topological polar surface area (TPSA) is 48.9 Å². The molecule has 1 aliphatic heterocycles. The average Bonchev–Trinajstić information content (AvgIpc) is 3.36. The molecule has 5 nitrogen and oxygen atoms in total. The van der Waals surface area contributed by atoms with Crippen LogP contribution in [0.1, 0.15) is 43.6 Å². The molecular weight excluding hydrogens is 344 g/mol. The Bertz CT molecular complexity index is 570. The number of hydrogen-bond donors (Lipinski definition) is 2. The van der Waals surface area contributed by atoms with E-state index in [0.29, 0.717) is 6.04 Å². The normalized spacial score (nSPS) is 19.2. The lowest BCUT2D eigenvalue weighted by Crippen LogP contribution is -2.41. The third kappa shape index (κ3) is 6.25. The molecule has 0 bridgehead atoms. The lowest BCUT2D eigenvalue weighted by atomic mass is 10.1. The van der Waals surface area contributed by atoms with Crippen molar-refractivity contribution in [3.8, 4) is 0 Å². The van der Waals surface area contributed by atoms with Crippen LogP contribution in [0.25, 0.3) is 0 Å². The van der Waals surface area contributed by atoms with E-state index in [4.69, 9.17) is 9.73 Å². The Labute approximate surface area is 162 Å². The number of aliphatic imine (C=N–C) groups is 1. The molecule has 1 atom stereocenters. The molecule has 1 aromatic rings. The van der Waals surface area contributed by atoms with Gasteiger partial charge >= 0.3 is 0 Å². The summed E-state index contributed by atoms with van der Waals surface area (Å²) in [5, 5.41) is 9.01. The van der Waals surface area contributed by atoms with Crippen LogP contribution in [0.5, 0.6) is 0 Å². The molecule has 0 amide bonds. The van der Waals surface area contributed by atoms with Crippen molar-refractivity contribution >= 4 is 17.3 Å². The zero-order valence-electron chi connectivity index (χ0n) is 16.3. The summed E-state index contributed by atoms with van der Waals surface area (Å²) < 4.78 is 5.69. The summed E-state index contributed by atoms with van der Waals surface area (Å²) in [6, 6.07) is 2.74. The zero-order valence-corrected chi connectivity index (χ0v) is 17.1. The van der Waals surface area contributed by atoms with Crippen molar-refractivity contribution in [2.24, 2.45) is 10.9 Å². The van der Waals surface area contributed by atoms with Gasteiger partial charge in [0.2, 0.25) is 0 Å². The summed E-state index contributed by atoms with van der Waals surface area (Å²) in [6.45, 7) is 11.0. The SMILES string of the molecule is CCNC(=NCC(C)N1CCc2sccc2C1)NCCCOCC1CC1. The molecule has 6 heteroatoms. The van der Waals surface area contributed by atoms with Gasteiger partial charge in [-0.25, -0.2) is 0 Å². The van der Waals surface area contributed by atoms with Gasteiger partial charge in [0, 0.05) is 50.3 Å². The van der Waals surface area contributed by atoms with Crippen LogP contribution < -0.4 is 10.6 Å². The van der Waals surface area contributed by atoms with E-state index >= 15 is 0 Å². The van der Waals surface area contributed by atoms with Crippen LogP contribution in [0.2, 0.25) is 0 Å². The van der Waals surface area contributed by atoms with Gasteiger partial charge < -0.3 is 15.4 Å². The predicted molar refractivity (Wildman–Crippen MR) is 110 cm³/mol. The van der Waals surface area contributed by atoms with Gasteiger partial charge in [0.15, 0.2) is 5.96 Å². The average molecular weight is 379 g/mol. The maximum absolute atomic E-state index is 5.69. The Morgan fingerprint density at radius 1 is 1.42 bits per heavy atom. The fourth-order valence-corrected chi connectivity index (χ4v) is 4.13. The van der Waals surface area contributed by atoms with Crippen molar-refractivity contribution in [1.29, 1.82) is 0 Å². The van der Waals surface area contributed by atoms with E-state index in [9.17, 15) is 0 Å². The Morgan fingerprint density at radius 2 is 2.31 bits per heavy atom. The number of hydrogen-bond acceptors (Lipinski definition) is 4. The molecule has 2 heterocycles. The Morgan fingerprint density at radius 3 is 3.12 bits per heavy atom. The molecule has 2 N–H and O–H groups in total. The number of guanidine groups is 1. The fraction of sp³-hybridized carbons (Fsp3) is 0.750. The third-order valence-electron chi connectivity index (χ3n) is 5.13. The van der Waals surface area contributed by atoms with Gasteiger partial charge in [0.25, 0.3) is 0 Å². The van der Waals surface area contributed by atoms with Gasteiger partial charge in [-0.1, -0.05) is 0 Å².